The van der Waals surface area contributed by atoms with Gasteiger partial charge in [-0.1, -0.05) is 32.9 Å². The number of carbonyl (C=O) groups is 3. The number of hydrogen-bond acceptors (Lipinski definition) is 15. The second-order valence-corrected chi connectivity index (χ2v) is 9.19. The number of aryl methyl sites for hydroxylation is 2. The first-order chi connectivity index (χ1) is 23.7. The maximum Gasteiger partial charge on any atom is 0.339 e. The van der Waals surface area contributed by atoms with Crippen LogP contribution in [0.25, 0.3) is 11.8 Å². The van der Waals surface area contributed by atoms with Crippen molar-refractivity contribution in [3.8, 4) is 0 Å². The van der Waals surface area contributed by atoms with E-state index in [1.807, 2.05) is 20.8 Å². The van der Waals surface area contributed by atoms with Crippen molar-refractivity contribution >= 4 is 47.8 Å². The zero-order chi connectivity index (χ0) is 36.8. The van der Waals surface area contributed by atoms with Crippen LogP contribution in [-0.4, -0.2) is 82.0 Å². The van der Waals surface area contributed by atoms with Crippen molar-refractivity contribution in [2.24, 2.45) is 5.73 Å². The van der Waals surface area contributed by atoms with Crippen molar-refractivity contribution in [3.63, 3.8) is 0 Å². The summed E-state index contributed by atoms with van der Waals surface area (Å²) >= 11 is 0. The summed E-state index contributed by atoms with van der Waals surface area (Å²) in [5.41, 5.74) is 7.09. The van der Waals surface area contributed by atoms with Gasteiger partial charge in [-0.2, -0.15) is 0 Å². The normalized spacial score (nSPS) is 10.9. The number of anilines is 2. The lowest BCUT2D eigenvalue weighted by Crippen LogP contribution is -2.10. The molecule has 0 saturated heterocycles. The molecule has 0 fully saturated rings. The number of carbonyl (C=O) groups excluding carboxylic acids is 3. The van der Waals surface area contributed by atoms with Gasteiger partial charge in [-0.15, -0.1) is 0 Å². The minimum Gasteiger partial charge on any atom is -0.490 e. The Morgan fingerprint density at radius 3 is 2.53 bits per heavy atom. The fourth-order valence-corrected chi connectivity index (χ4v) is 4.00. The number of allylic oxidation sites excluding steroid dienone is 2. The molecule has 266 valence electrons. The number of nitrogens with zero attached hydrogens (tertiary/aromatic N) is 5. The Bertz CT molecular complexity index is 1610. The van der Waals surface area contributed by atoms with Gasteiger partial charge in [0.15, 0.2) is 23.7 Å². The summed E-state index contributed by atoms with van der Waals surface area (Å²) in [6.07, 6.45) is 11.2. The molecule has 0 aromatic carbocycles. The third-order valence-electron chi connectivity index (χ3n) is 6.10. The Labute approximate surface area is 284 Å². The van der Waals surface area contributed by atoms with Gasteiger partial charge in [0.1, 0.15) is 12.0 Å². The van der Waals surface area contributed by atoms with E-state index in [4.69, 9.17) is 20.0 Å². The largest absolute Gasteiger partial charge is 0.490 e. The van der Waals surface area contributed by atoms with Crippen molar-refractivity contribution in [1.82, 2.24) is 19.5 Å². The van der Waals surface area contributed by atoms with Gasteiger partial charge in [0.05, 0.1) is 35.6 Å². The Hall–Kier alpha value is -5.84. The minimum absolute atomic E-state index is 0.00606. The Kier molecular flexibility index (Phi) is 19.0. The van der Waals surface area contributed by atoms with E-state index in [0.717, 1.165) is 18.2 Å². The topological polar surface area (TPSA) is 240 Å². The molecule has 17 heteroatoms. The molecule has 0 spiro atoms. The first kappa shape index (κ1) is 41.2. The fourth-order valence-electron chi connectivity index (χ4n) is 4.00. The Balaban J connectivity index is 0.000000844. The van der Waals surface area contributed by atoms with Crippen molar-refractivity contribution in [2.75, 3.05) is 44.5 Å². The molecule has 49 heavy (non-hydrogen) atoms. The molecule has 0 unspecified atom stereocenters. The maximum absolute atomic E-state index is 11.6. The standard InChI is InChI=1S/C23H29N7O7.C7H9NO2.C2H6/c1-25-23-28-17(7-5-10-31)20(19(14-24)37-12-6-11-32)29(23)9-4-3-8-26-21-18(30(34)35)13-16(15-27-21)22(33)36-2;1-3-6-7(4-9)10-5(2)8-6;1-2/h3-5,7,10,13-15,32H,6,8-9,11-12,24H2,1-2H3,(H,25,28)(H,26,27);4H,3H2,1-2H3;1-2H3/b4-3+,7-5+,19-14+;;. The molecular weight excluding hydrogens is 640 g/mol. The van der Waals surface area contributed by atoms with Gasteiger partial charge in [-0.25, -0.2) is 19.7 Å². The summed E-state index contributed by atoms with van der Waals surface area (Å²) in [4.78, 5) is 56.0. The predicted molar refractivity (Wildman–Crippen MR) is 184 cm³/mol. The quantitative estimate of drug-likeness (QED) is 0.0230. The van der Waals surface area contributed by atoms with Crippen LogP contribution in [0.15, 0.2) is 41.1 Å². The number of nitro groups is 1. The van der Waals surface area contributed by atoms with Crippen LogP contribution in [0.5, 0.6) is 0 Å². The van der Waals surface area contributed by atoms with Crippen LogP contribution >= 0.6 is 0 Å². The molecule has 0 aliphatic heterocycles. The number of pyridine rings is 1. The Morgan fingerprint density at radius 2 is 1.98 bits per heavy atom. The molecule has 0 aliphatic rings. The molecule has 3 heterocycles. The number of aliphatic hydroxyl groups excluding tert-OH is 1. The number of ether oxygens (including phenoxy) is 2. The monoisotopic (exact) mass is 684 g/mol. The summed E-state index contributed by atoms with van der Waals surface area (Å²) in [5, 5.41) is 26.3. The van der Waals surface area contributed by atoms with E-state index < -0.39 is 10.9 Å². The number of oxazole rings is 1. The van der Waals surface area contributed by atoms with Gasteiger partial charge in [0, 0.05) is 58.6 Å². The van der Waals surface area contributed by atoms with Crippen LogP contribution in [-0.2, 0) is 27.2 Å². The summed E-state index contributed by atoms with van der Waals surface area (Å²) in [5.74, 6) is 0.962. The molecule has 3 rings (SSSR count). The molecule has 17 nitrogen and oxygen atoms in total. The average Bonchev–Trinajstić information content (AvgIpc) is 3.68. The predicted octanol–water partition coefficient (Wildman–Crippen LogP) is 3.94. The molecular formula is C32H44N8O9. The number of aldehydes is 2. The molecule has 0 saturated carbocycles. The lowest BCUT2D eigenvalue weighted by molar-refractivity contribution is -0.384. The number of imidazole rings is 1. The lowest BCUT2D eigenvalue weighted by Gasteiger charge is -2.14. The van der Waals surface area contributed by atoms with Gasteiger partial charge in [-0.05, 0) is 18.6 Å². The number of hydrogen-bond donors (Lipinski definition) is 4. The van der Waals surface area contributed by atoms with Crippen LogP contribution in [0.1, 0.15) is 71.1 Å². The molecule has 3 aromatic rings. The minimum atomic E-state index is -0.730. The van der Waals surface area contributed by atoms with Crippen LogP contribution in [0.2, 0.25) is 0 Å². The zero-order valence-corrected chi connectivity index (χ0v) is 28.5. The van der Waals surface area contributed by atoms with Gasteiger partial charge in [-0.3, -0.25) is 19.7 Å². The smallest absolute Gasteiger partial charge is 0.339 e. The van der Waals surface area contributed by atoms with Gasteiger partial charge < -0.3 is 39.9 Å². The van der Waals surface area contributed by atoms with E-state index in [0.29, 0.717) is 60.3 Å². The van der Waals surface area contributed by atoms with Gasteiger partial charge >= 0.3 is 11.7 Å². The average molecular weight is 685 g/mol. The van der Waals surface area contributed by atoms with Crippen molar-refractivity contribution in [1.29, 1.82) is 0 Å². The van der Waals surface area contributed by atoms with E-state index in [1.54, 1.807) is 30.7 Å². The highest BCUT2D eigenvalue weighted by Crippen LogP contribution is 2.26. The van der Waals surface area contributed by atoms with Crippen molar-refractivity contribution in [2.45, 2.75) is 47.1 Å². The van der Waals surface area contributed by atoms with Crippen LogP contribution < -0.4 is 16.4 Å². The fraction of sp³-hybridized carbons (Fsp3) is 0.375. The van der Waals surface area contributed by atoms with Gasteiger partial charge in [0.25, 0.3) is 0 Å². The molecule has 5 N–H and O–H groups in total. The number of aliphatic hydroxyl groups is 1. The maximum atomic E-state index is 11.6. The van der Waals surface area contributed by atoms with E-state index in [9.17, 15) is 24.5 Å². The lowest BCUT2D eigenvalue weighted by atomic mass is 10.2. The van der Waals surface area contributed by atoms with Crippen LogP contribution in [0.4, 0.5) is 17.5 Å². The number of nitrogens with two attached hydrogens (primary N) is 1. The molecule has 3 aromatic heterocycles. The SMILES string of the molecule is CC.CCc1nc(C)oc1C=O.CNc1nc(/C=C/C=O)c(/C(=C\N)OCCCO)n1C/C=C/CNc1ncc(C(=O)OC)cc1[N+](=O)[O-]. The second kappa shape index (κ2) is 22.6. The third-order valence-corrected chi connectivity index (χ3v) is 6.10. The summed E-state index contributed by atoms with van der Waals surface area (Å²) in [6, 6.07) is 1.09. The molecule has 0 bridgehead atoms. The van der Waals surface area contributed by atoms with E-state index in [-0.39, 0.29) is 36.8 Å². The number of esters is 1. The highest BCUT2D eigenvalue weighted by atomic mass is 16.6. The molecule has 0 radical (unpaired) electrons. The van der Waals surface area contributed by atoms with Crippen LogP contribution in [0, 0.1) is 17.0 Å². The Morgan fingerprint density at radius 1 is 1.24 bits per heavy atom. The van der Waals surface area contributed by atoms with Crippen molar-refractivity contribution in [3.05, 3.63) is 81.1 Å². The van der Waals surface area contributed by atoms with E-state index in [2.05, 4.69) is 30.3 Å². The molecule has 0 amide bonds. The zero-order valence-electron chi connectivity index (χ0n) is 28.5. The second-order valence-electron chi connectivity index (χ2n) is 9.19. The first-order valence-electron chi connectivity index (χ1n) is 15.3. The number of nitrogens with one attached hydrogen (secondary N) is 2. The van der Waals surface area contributed by atoms with E-state index >= 15 is 0 Å². The van der Waals surface area contributed by atoms with Gasteiger partial charge in [0.2, 0.25) is 11.8 Å². The van der Waals surface area contributed by atoms with E-state index in [1.165, 1.54) is 31.7 Å². The highest BCUT2D eigenvalue weighted by Gasteiger charge is 2.20. The number of aromatic nitrogens is 4. The summed E-state index contributed by atoms with van der Waals surface area (Å²) < 4.78 is 17.0. The van der Waals surface area contributed by atoms with Crippen LogP contribution in [0.3, 0.4) is 0 Å². The molecule has 0 atom stereocenters. The summed E-state index contributed by atoms with van der Waals surface area (Å²) in [7, 11) is 2.85. The first-order valence-corrected chi connectivity index (χ1v) is 15.3. The number of methoxy groups -OCH3 is 1. The highest BCUT2D eigenvalue weighted by molar-refractivity contribution is 5.90. The van der Waals surface area contributed by atoms with Crippen molar-refractivity contribution < 1.29 is 38.3 Å². The molecule has 0 aliphatic carbocycles. The summed E-state index contributed by atoms with van der Waals surface area (Å²) in [6.45, 7) is 8.32. The number of rotatable bonds is 17. The third kappa shape index (κ3) is 12.4.